The van der Waals surface area contributed by atoms with Crippen LogP contribution in [0.25, 0.3) is 28.3 Å². The minimum absolute atomic E-state index is 0.00675. The molecule has 152 valence electrons. The number of nitrogen functional groups attached to an aromatic ring is 1. The van der Waals surface area contributed by atoms with Crippen molar-refractivity contribution >= 4 is 11.5 Å². The molecular formula is C21H21FN8. The molecule has 4 aromatic heterocycles. The van der Waals surface area contributed by atoms with Crippen LogP contribution < -0.4 is 11.1 Å². The van der Waals surface area contributed by atoms with E-state index in [1.54, 1.807) is 24.8 Å². The van der Waals surface area contributed by atoms with Gasteiger partial charge >= 0.3 is 0 Å². The smallest absolute Gasteiger partial charge is 0.187 e. The van der Waals surface area contributed by atoms with Gasteiger partial charge in [-0.25, -0.2) is 14.4 Å². The molecule has 0 spiro atoms. The third kappa shape index (κ3) is 2.69. The largest absolute Gasteiger partial charge is 0.381 e. The van der Waals surface area contributed by atoms with Crippen molar-refractivity contribution in [2.75, 3.05) is 5.73 Å². The molecule has 8 nitrogen and oxygen atoms in total. The highest BCUT2D eigenvalue weighted by atomic mass is 19.1. The first-order valence-electron chi connectivity index (χ1n) is 10.2. The van der Waals surface area contributed by atoms with Gasteiger partial charge in [0.1, 0.15) is 5.69 Å². The number of rotatable bonds is 3. The van der Waals surface area contributed by atoms with Gasteiger partial charge in [-0.2, -0.15) is 9.61 Å². The number of imidazole rings is 1. The van der Waals surface area contributed by atoms with Crippen LogP contribution in [0.4, 0.5) is 10.2 Å². The summed E-state index contributed by atoms with van der Waals surface area (Å²) in [6.07, 6.45) is 10.9. The number of pyridine rings is 1. The van der Waals surface area contributed by atoms with Crippen LogP contribution in [0.2, 0.25) is 0 Å². The molecular weight excluding hydrogens is 383 g/mol. The molecule has 4 N–H and O–H groups in total. The van der Waals surface area contributed by atoms with Crippen molar-refractivity contribution in [1.82, 2.24) is 34.9 Å². The molecule has 4 aromatic rings. The maximum Gasteiger partial charge on any atom is 0.187 e. The Labute approximate surface area is 171 Å². The van der Waals surface area contributed by atoms with Gasteiger partial charge in [-0.15, -0.1) is 0 Å². The van der Waals surface area contributed by atoms with Gasteiger partial charge in [0.05, 0.1) is 11.9 Å². The van der Waals surface area contributed by atoms with Crippen LogP contribution in [0, 0.1) is 5.82 Å². The van der Waals surface area contributed by atoms with E-state index in [9.17, 15) is 0 Å². The highest BCUT2D eigenvalue weighted by molar-refractivity contribution is 5.78. The molecule has 0 aliphatic carbocycles. The highest BCUT2D eigenvalue weighted by Gasteiger charge is 2.36. The fourth-order valence-corrected chi connectivity index (χ4v) is 4.87. The topological polar surface area (TPSA) is 110 Å². The van der Waals surface area contributed by atoms with Crippen molar-refractivity contribution in [2.45, 2.75) is 43.7 Å². The summed E-state index contributed by atoms with van der Waals surface area (Å²) in [6.45, 7) is 0. The van der Waals surface area contributed by atoms with Crippen molar-refractivity contribution in [2.24, 2.45) is 0 Å². The van der Waals surface area contributed by atoms with E-state index in [0.717, 1.165) is 42.5 Å². The lowest BCUT2D eigenvalue weighted by Crippen LogP contribution is -2.37. The molecule has 6 rings (SSSR count). The standard InChI is InChI=1S/C21H21FN8/c22-17-18(12-7-13-2-3-14(8-12)28-13)29-21-15(10-27-30(21)19(17)23)11-1-4-16(26-9-11)20-24-5-6-25-20/h1,4-6,9-10,12-14,28H,2-3,7-8,23H2,(H,24,25)/t12-,13-,14+. The number of piperidine rings is 1. The SMILES string of the molecule is Nc1c(F)c([C@@H]2C[C@H]3CC[C@@H](C2)N3)nc2c(-c3ccc(-c4ncc[nH]4)nc3)cnn12. The number of fused-ring (bicyclic) bond motifs is 3. The predicted molar refractivity (Wildman–Crippen MR) is 110 cm³/mol. The summed E-state index contributed by atoms with van der Waals surface area (Å²) in [5.74, 6) is 0.328. The Kier molecular flexibility index (Phi) is 3.85. The molecule has 2 aliphatic heterocycles. The average molecular weight is 404 g/mol. The maximum absolute atomic E-state index is 15.1. The van der Waals surface area contributed by atoms with Crippen molar-refractivity contribution in [1.29, 1.82) is 0 Å². The summed E-state index contributed by atoms with van der Waals surface area (Å²) in [6, 6.07) is 4.70. The normalized spacial score (nSPS) is 23.3. The number of halogens is 1. The van der Waals surface area contributed by atoms with Crippen LogP contribution in [-0.2, 0) is 0 Å². The van der Waals surface area contributed by atoms with E-state index in [0.29, 0.717) is 29.2 Å². The van der Waals surface area contributed by atoms with E-state index in [4.69, 9.17) is 10.7 Å². The Balaban J connectivity index is 1.42. The zero-order chi connectivity index (χ0) is 20.2. The molecule has 2 bridgehead atoms. The summed E-state index contributed by atoms with van der Waals surface area (Å²) >= 11 is 0. The molecule has 2 saturated heterocycles. The van der Waals surface area contributed by atoms with E-state index in [1.165, 1.54) is 4.52 Å². The number of H-pyrrole nitrogens is 1. The van der Waals surface area contributed by atoms with E-state index < -0.39 is 5.82 Å². The molecule has 9 heteroatoms. The number of hydrogen-bond acceptors (Lipinski definition) is 6. The Morgan fingerprint density at radius 3 is 2.63 bits per heavy atom. The minimum Gasteiger partial charge on any atom is -0.381 e. The van der Waals surface area contributed by atoms with E-state index in [-0.39, 0.29) is 11.7 Å². The zero-order valence-corrected chi connectivity index (χ0v) is 16.2. The molecule has 0 saturated carbocycles. The first kappa shape index (κ1) is 17.5. The summed E-state index contributed by atoms with van der Waals surface area (Å²) in [7, 11) is 0. The predicted octanol–water partition coefficient (Wildman–Crippen LogP) is 2.90. The summed E-state index contributed by atoms with van der Waals surface area (Å²) in [4.78, 5) is 16.5. The maximum atomic E-state index is 15.1. The van der Waals surface area contributed by atoms with Gasteiger partial charge in [0.25, 0.3) is 0 Å². The molecule has 0 radical (unpaired) electrons. The third-order valence-electron chi connectivity index (χ3n) is 6.32. The van der Waals surface area contributed by atoms with Gasteiger partial charge in [0.15, 0.2) is 23.1 Å². The Morgan fingerprint density at radius 1 is 1.10 bits per heavy atom. The van der Waals surface area contributed by atoms with Gasteiger partial charge in [-0.3, -0.25) is 4.98 Å². The zero-order valence-electron chi connectivity index (χ0n) is 16.2. The molecule has 0 aromatic carbocycles. The van der Waals surface area contributed by atoms with Gasteiger partial charge in [-0.05, 0) is 31.7 Å². The number of nitrogens with one attached hydrogen (secondary N) is 2. The first-order chi connectivity index (χ1) is 14.7. The van der Waals surface area contributed by atoms with Gasteiger partial charge in [0.2, 0.25) is 0 Å². The summed E-state index contributed by atoms with van der Waals surface area (Å²) in [5, 5.41) is 7.88. The molecule has 3 atom stereocenters. The molecule has 2 aliphatic rings. The first-order valence-corrected chi connectivity index (χ1v) is 10.2. The quantitative estimate of drug-likeness (QED) is 0.484. The van der Waals surface area contributed by atoms with Crippen LogP contribution in [0.3, 0.4) is 0 Å². The van der Waals surface area contributed by atoms with Gasteiger partial charge < -0.3 is 16.0 Å². The number of anilines is 1. The van der Waals surface area contributed by atoms with Crippen LogP contribution in [0.5, 0.6) is 0 Å². The monoisotopic (exact) mass is 404 g/mol. The lowest BCUT2D eigenvalue weighted by Gasteiger charge is -2.29. The molecule has 6 heterocycles. The fraction of sp³-hybridized carbons (Fsp3) is 0.333. The minimum atomic E-state index is -0.449. The lowest BCUT2D eigenvalue weighted by atomic mass is 9.89. The molecule has 0 unspecified atom stereocenters. The van der Waals surface area contributed by atoms with Gasteiger partial charge in [0, 0.05) is 47.7 Å². The lowest BCUT2D eigenvalue weighted by molar-refractivity contribution is 0.351. The Morgan fingerprint density at radius 2 is 1.93 bits per heavy atom. The van der Waals surface area contributed by atoms with Crippen molar-refractivity contribution in [3.05, 3.63) is 48.4 Å². The van der Waals surface area contributed by atoms with Crippen molar-refractivity contribution in [3.8, 4) is 22.6 Å². The average Bonchev–Trinajstić information content (AvgIpc) is 3.51. The highest BCUT2D eigenvalue weighted by Crippen LogP contribution is 2.39. The van der Waals surface area contributed by atoms with Crippen molar-refractivity contribution < 1.29 is 4.39 Å². The number of nitrogens with two attached hydrogens (primary N) is 1. The summed E-state index contributed by atoms with van der Waals surface area (Å²) in [5.41, 5.74) is 9.51. The van der Waals surface area contributed by atoms with Crippen LogP contribution in [-0.4, -0.2) is 41.6 Å². The second kappa shape index (κ2) is 6.60. The van der Waals surface area contributed by atoms with E-state index >= 15 is 4.39 Å². The van der Waals surface area contributed by atoms with Crippen LogP contribution in [0.1, 0.15) is 37.3 Å². The third-order valence-corrected chi connectivity index (χ3v) is 6.32. The van der Waals surface area contributed by atoms with E-state index in [2.05, 4.69) is 25.4 Å². The van der Waals surface area contributed by atoms with Crippen LogP contribution >= 0.6 is 0 Å². The van der Waals surface area contributed by atoms with Crippen LogP contribution in [0.15, 0.2) is 36.9 Å². The van der Waals surface area contributed by atoms with Crippen molar-refractivity contribution in [3.63, 3.8) is 0 Å². The number of aromatic amines is 1. The Hall–Kier alpha value is -3.33. The second-order valence-corrected chi connectivity index (χ2v) is 8.17. The molecule has 30 heavy (non-hydrogen) atoms. The Bertz CT molecular complexity index is 1200. The van der Waals surface area contributed by atoms with E-state index in [1.807, 2.05) is 12.1 Å². The fourth-order valence-electron chi connectivity index (χ4n) is 4.87. The molecule has 2 fully saturated rings. The number of aromatic nitrogens is 6. The molecule has 0 amide bonds. The summed E-state index contributed by atoms with van der Waals surface area (Å²) < 4.78 is 16.5. The second-order valence-electron chi connectivity index (χ2n) is 8.17. The number of hydrogen-bond donors (Lipinski definition) is 3. The van der Waals surface area contributed by atoms with Gasteiger partial charge in [-0.1, -0.05) is 6.07 Å². The number of nitrogens with zero attached hydrogens (tertiary/aromatic N) is 5.